The number of furan rings is 1. The third kappa shape index (κ3) is 3.64. The summed E-state index contributed by atoms with van der Waals surface area (Å²) in [5, 5.41) is 3.83. The molecule has 2 amide bonds. The second-order valence-corrected chi connectivity index (χ2v) is 7.26. The van der Waals surface area contributed by atoms with Crippen LogP contribution in [0.3, 0.4) is 0 Å². The number of nitrogens with zero attached hydrogens (tertiary/aromatic N) is 2. The Morgan fingerprint density at radius 1 is 1.15 bits per heavy atom. The topological polar surface area (TPSA) is 67.5 Å². The number of benzene rings is 1. The number of thioether (sulfide) groups is 1. The molecule has 4 rings (SSSR count). The normalized spacial score (nSPS) is 13.5. The van der Waals surface area contributed by atoms with Gasteiger partial charge in [0.15, 0.2) is 0 Å². The number of hydrogen-bond donors (Lipinski definition) is 1. The van der Waals surface area contributed by atoms with Crippen molar-refractivity contribution in [3.8, 4) is 5.69 Å². The van der Waals surface area contributed by atoms with Gasteiger partial charge in [-0.1, -0.05) is 23.9 Å². The van der Waals surface area contributed by atoms with E-state index in [0.29, 0.717) is 12.3 Å². The predicted molar refractivity (Wildman–Crippen MR) is 104 cm³/mol. The third-order valence-electron chi connectivity index (χ3n) is 4.35. The number of carbonyl (C=O) groups excluding carboxylic acids is 2. The van der Waals surface area contributed by atoms with Gasteiger partial charge >= 0.3 is 0 Å². The van der Waals surface area contributed by atoms with E-state index in [-0.39, 0.29) is 24.1 Å². The minimum atomic E-state index is -0.231. The molecule has 0 saturated carbocycles. The number of para-hydroxylation sites is 2. The van der Waals surface area contributed by atoms with Crippen molar-refractivity contribution in [1.29, 1.82) is 0 Å². The summed E-state index contributed by atoms with van der Waals surface area (Å²) in [6, 6.07) is 15.3. The van der Waals surface area contributed by atoms with Crippen LogP contribution in [0.4, 0.5) is 5.69 Å². The number of carbonyl (C=O) groups is 2. The van der Waals surface area contributed by atoms with E-state index in [0.717, 1.165) is 22.2 Å². The molecule has 7 heteroatoms. The van der Waals surface area contributed by atoms with Crippen LogP contribution in [0.15, 0.2) is 64.2 Å². The van der Waals surface area contributed by atoms with Crippen molar-refractivity contribution in [2.24, 2.45) is 0 Å². The highest BCUT2D eigenvalue weighted by molar-refractivity contribution is 7.99. The summed E-state index contributed by atoms with van der Waals surface area (Å²) < 4.78 is 7.51. The van der Waals surface area contributed by atoms with E-state index in [9.17, 15) is 9.59 Å². The van der Waals surface area contributed by atoms with Gasteiger partial charge in [0.2, 0.25) is 11.8 Å². The zero-order valence-corrected chi connectivity index (χ0v) is 15.7. The van der Waals surface area contributed by atoms with Gasteiger partial charge < -0.3 is 19.2 Å². The second-order valence-electron chi connectivity index (χ2n) is 6.26. The van der Waals surface area contributed by atoms with Gasteiger partial charge in [-0.3, -0.25) is 9.59 Å². The van der Waals surface area contributed by atoms with Gasteiger partial charge in [0.1, 0.15) is 18.1 Å². The fourth-order valence-electron chi connectivity index (χ4n) is 3.06. The van der Waals surface area contributed by atoms with E-state index >= 15 is 0 Å². The molecule has 1 N–H and O–H groups in total. The Bertz CT molecular complexity index is 992. The quantitative estimate of drug-likeness (QED) is 0.754. The first-order chi connectivity index (χ1) is 13.1. The van der Waals surface area contributed by atoms with Crippen molar-refractivity contribution in [3.05, 3.63) is 66.2 Å². The maximum atomic E-state index is 12.8. The molecule has 1 aliphatic rings. The molecule has 0 saturated heterocycles. The summed E-state index contributed by atoms with van der Waals surface area (Å²) in [4.78, 5) is 26.8. The first-order valence-electron chi connectivity index (χ1n) is 8.64. The maximum Gasteiger partial charge on any atom is 0.240 e. The van der Waals surface area contributed by atoms with Crippen molar-refractivity contribution in [2.45, 2.75) is 18.5 Å². The molecule has 27 heavy (non-hydrogen) atoms. The van der Waals surface area contributed by atoms with Crippen molar-refractivity contribution in [2.75, 3.05) is 17.2 Å². The van der Waals surface area contributed by atoms with E-state index in [1.165, 1.54) is 11.8 Å². The van der Waals surface area contributed by atoms with Gasteiger partial charge in [0, 0.05) is 6.20 Å². The van der Waals surface area contributed by atoms with Gasteiger partial charge in [-0.25, -0.2) is 0 Å². The molecule has 6 nitrogen and oxygen atoms in total. The Balaban J connectivity index is 1.57. The Hall–Kier alpha value is -2.93. The Labute approximate surface area is 161 Å². The number of fused-ring (bicyclic) bond motifs is 3. The summed E-state index contributed by atoms with van der Waals surface area (Å²) in [6.07, 6.45) is 1.97. The lowest BCUT2D eigenvalue weighted by atomic mass is 10.2. The zero-order chi connectivity index (χ0) is 18.8. The Morgan fingerprint density at radius 2 is 1.96 bits per heavy atom. The molecule has 3 aromatic rings. The van der Waals surface area contributed by atoms with E-state index in [1.807, 2.05) is 66.2 Å². The van der Waals surface area contributed by atoms with Gasteiger partial charge in [-0.15, -0.1) is 0 Å². The number of anilines is 1. The number of aromatic nitrogens is 1. The molecule has 0 aliphatic carbocycles. The first-order valence-corrected chi connectivity index (χ1v) is 9.62. The van der Waals surface area contributed by atoms with Crippen LogP contribution >= 0.6 is 11.8 Å². The SMILES string of the molecule is Cc1ccc(CNC(=O)CN2C(=O)CSc3cccn3-c3ccccc32)o1. The van der Waals surface area contributed by atoms with Crippen LogP contribution in [0, 0.1) is 6.92 Å². The van der Waals surface area contributed by atoms with Crippen molar-refractivity contribution < 1.29 is 14.0 Å². The monoisotopic (exact) mass is 381 g/mol. The van der Waals surface area contributed by atoms with Gasteiger partial charge in [-0.2, -0.15) is 0 Å². The smallest absolute Gasteiger partial charge is 0.240 e. The molecule has 1 aromatic carbocycles. The van der Waals surface area contributed by atoms with E-state index < -0.39 is 0 Å². The molecule has 0 spiro atoms. The van der Waals surface area contributed by atoms with Crippen LogP contribution in [0.5, 0.6) is 0 Å². The second kappa shape index (κ2) is 7.36. The van der Waals surface area contributed by atoms with Gasteiger partial charge in [0.05, 0.1) is 28.7 Å². The van der Waals surface area contributed by atoms with Crippen LogP contribution < -0.4 is 10.2 Å². The van der Waals surface area contributed by atoms with E-state index in [4.69, 9.17) is 4.42 Å². The van der Waals surface area contributed by atoms with Crippen molar-refractivity contribution >= 4 is 29.3 Å². The standard InChI is InChI=1S/C20H19N3O3S/c1-14-8-9-15(26-14)11-21-18(24)12-23-17-6-3-2-5-16(17)22-10-4-7-20(22)27-13-19(23)25/h2-10H,11-13H2,1H3,(H,21,24). The van der Waals surface area contributed by atoms with Crippen LogP contribution in [-0.4, -0.2) is 28.7 Å². The number of amides is 2. The molecule has 0 bridgehead atoms. The number of aryl methyl sites for hydroxylation is 1. The lowest BCUT2D eigenvalue weighted by Crippen LogP contribution is -2.42. The maximum absolute atomic E-state index is 12.8. The molecule has 138 valence electrons. The van der Waals surface area contributed by atoms with Crippen LogP contribution in [0.2, 0.25) is 0 Å². The molecule has 0 atom stereocenters. The lowest BCUT2D eigenvalue weighted by Gasteiger charge is -2.27. The summed E-state index contributed by atoms with van der Waals surface area (Å²) in [7, 11) is 0. The fraction of sp³-hybridized carbons (Fsp3) is 0.200. The molecular formula is C20H19N3O3S. The number of nitrogens with one attached hydrogen (secondary N) is 1. The fourth-order valence-corrected chi connectivity index (χ4v) is 3.96. The molecule has 1 aliphatic heterocycles. The Kier molecular flexibility index (Phi) is 4.77. The third-order valence-corrected chi connectivity index (χ3v) is 5.37. The summed E-state index contributed by atoms with van der Waals surface area (Å²) >= 11 is 1.47. The molecule has 2 aromatic heterocycles. The summed E-state index contributed by atoms with van der Waals surface area (Å²) in [5.41, 5.74) is 1.61. The molecule has 0 fully saturated rings. The molecule has 0 unspecified atom stereocenters. The van der Waals surface area contributed by atoms with E-state index in [2.05, 4.69) is 5.32 Å². The minimum Gasteiger partial charge on any atom is -0.465 e. The van der Waals surface area contributed by atoms with Crippen molar-refractivity contribution in [1.82, 2.24) is 9.88 Å². The summed E-state index contributed by atoms with van der Waals surface area (Å²) in [5.74, 6) is 1.44. The first kappa shape index (κ1) is 17.5. The minimum absolute atomic E-state index is 0.0350. The van der Waals surface area contributed by atoms with Gasteiger partial charge in [0.25, 0.3) is 0 Å². The van der Waals surface area contributed by atoms with Gasteiger partial charge in [-0.05, 0) is 43.3 Å². The highest BCUT2D eigenvalue weighted by Gasteiger charge is 2.25. The lowest BCUT2D eigenvalue weighted by molar-refractivity contribution is -0.123. The average molecular weight is 381 g/mol. The Morgan fingerprint density at radius 3 is 2.74 bits per heavy atom. The number of hydrogen-bond acceptors (Lipinski definition) is 4. The zero-order valence-electron chi connectivity index (χ0n) is 14.8. The number of rotatable bonds is 4. The average Bonchev–Trinajstić information content (AvgIpc) is 3.30. The molecule has 3 heterocycles. The largest absolute Gasteiger partial charge is 0.465 e. The molecular weight excluding hydrogens is 362 g/mol. The summed E-state index contributed by atoms with van der Waals surface area (Å²) in [6.45, 7) is 2.12. The van der Waals surface area contributed by atoms with Crippen molar-refractivity contribution in [3.63, 3.8) is 0 Å². The van der Waals surface area contributed by atoms with Crippen LogP contribution in [0.1, 0.15) is 11.5 Å². The predicted octanol–water partition coefficient (Wildman–Crippen LogP) is 3.13. The van der Waals surface area contributed by atoms with Crippen LogP contribution in [0.25, 0.3) is 5.69 Å². The van der Waals surface area contributed by atoms with E-state index in [1.54, 1.807) is 4.90 Å². The highest BCUT2D eigenvalue weighted by Crippen LogP contribution is 2.32. The molecule has 0 radical (unpaired) electrons. The highest BCUT2D eigenvalue weighted by atomic mass is 32.2. The van der Waals surface area contributed by atoms with Crippen LogP contribution in [-0.2, 0) is 16.1 Å².